The molecule has 1 aromatic heterocycles. The van der Waals surface area contributed by atoms with Crippen molar-refractivity contribution < 1.29 is 18.3 Å². The Morgan fingerprint density at radius 3 is 2.66 bits per heavy atom. The van der Waals surface area contributed by atoms with Crippen molar-refractivity contribution in [3.63, 3.8) is 0 Å². The molecule has 4 nitrogen and oxygen atoms in total. The number of amides is 1. The summed E-state index contributed by atoms with van der Waals surface area (Å²) in [5.41, 5.74) is 1.83. The second-order valence-corrected chi connectivity index (χ2v) is 6.79. The van der Waals surface area contributed by atoms with Gasteiger partial charge >= 0.3 is 6.09 Å². The van der Waals surface area contributed by atoms with Crippen LogP contribution >= 0.6 is 11.6 Å². The molecule has 1 amide bonds. The molecule has 0 aliphatic carbocycles. The van der Waals surface area contributed by atoms with Crippen LogP contribution in [0.25, 0.3) is 0 Å². The van der Waals surface area contributed by atoms with Crippen molar-refractivity contribution in [1.82, 2.24) is 10.3 Å². The van der Waals surface area contributed by atoms with E-state index in [9.17, 15) is 13.6 Å². The summed E-state index contributed by atoms with van der Waals surface area (Å²) < 4.78 is 33.1. The first-order valence-electron chi connectivity index (χ1n) is 8.65. The van der Waals surface area contributed by atoms with E-state index in [0.717, 1.165) is 11.6 Å². The molecular weight excluding hydrogens is 398 g/mol. The van der Waals surface area contributed by atoms with E-state index in [2.05, 4.69) is 22.1 Å². The topological polar surface area (TPSA) is 51.2 Å². The van der Waals surface area contributed by atoms with E-state index in [1.807, 2.05) is 6.07 Å². The summed E-state index contributed by atoms with van der Waals surface area (Å²) in [5.74, 6) is 3.90. The van der Waals surface area contributed by atoms with Gasteiger partial charge in [0.2, 0.25) is 0 Å². The fraction of sp³-hybridized carbons (Fsp3) is 0.0909. The zero-order valence-electron chi connectivity index (χ0n) is 14.8. The third kappa shape index (κ3) is 4.05. The number of ether oxygens (including phenoxy) is 1. The molecule has 0 unspecified atom stereocenters. The first-order valence-corrected chi connectivity index (χ1v) is 9.02. The Hall–Kier alpha value is -3.43. The first kappa shape index (κ1) is 18.9. The van der Waals surface area contributed by atoms with E-state index in [1.165, 1.54) is 18.3 Å². The lowest BCUT2D eigenvalue weighted by molar-refractivity contribution is 0.129. The van der Waals surface area contributed by atoms with Crippen molar-refractivity contribution in [2.75, 3.05) is 0 Å². The van der Waals surface area contributed by atoms with Crippen LogP contribution in [0, 0.1) is 23.5 Å². The van der Waals surface area contributed by atoms with Crippen molar-refractivity contribution in [3.05, 3.63) is 99.8 Å². The highest BCUT2D eigenvalue weighted by Crippen LogP contribution is 2.38. The number of benzene rings is 2. The molecule has 4 rings (SSSR count). The van der Waals surface area contributed by atoms with Gasteiger partial charge in [0, 0.05) is 34.1 Å². The lowest BCUT2D eigenvalue weighted by Crippen LogP contribution is -2.20. The Morgan fingerprint density at radius 1 is 1.03 bits per heavy atom. The lowest BCUT2D eigenvalue weighted by Gasteiger charge is -2.18. The Kier molecular flexibility index (Phi) is 5.15. The maximum Gasteiger partial charge on any atom is 0.408 e. The molecule has 2 aromatic carbocycles. The van der Waals surface area contributed by atoms with Crippen molar-refractivity contribution in [1.29, 1.82) is 0 Å². The summed E-state index contributed by atoms with van der Waals surface area (Å²) >= 11 is 5.96. The normalized spacial score (nSPS) is 17.8. The molecule has 1 fully saturated rings. The largest absolute Gasteiger partial charge is 0.439 e. The van der Waals surface area contributed by atoms with Crippen LogP contribution < -0.4 is 5.32 Å². The van der Waals surface area contributed by atoms with Crippen LogP contribution in [0.1, 0.15) is 34.4 Å². The number of nitrogens with one attached hydrogen (secondary N) is 1. The zero-order valence-corrected chi connectivity index (χ0v) is 15.6. The second-order valence-electron chi connectivity index (χ2n) is 6.36. The number of alkyl carbamates (subject to hydrolysis) is 1. The predicted octanol–water partition coefficient (Wildman–Crippen LogP) is 4.94. The molecular formula is C22H13ClF2N2O2. The maximum atomic E-state index is 14.2. The highest BCUT2D eigenvalue weighted by Gasteiger charge is 2.38. The monoisotopic (exact) mass is 410 g/mol. The van der Waals surface area contributed by atoms with Gasteiger partial charge in [0.1, 0.15) is 6.04 Å². The Morgan fingerprint density at radius 2 is 1.83 bits per heavy atom. The van der Waals surface area contributed by atoms with Crippen molar-refractivity contribution in [3.8, 4) is 11.8 Å². The molecule has 0 saturated carbocycles. The van der Waals surface area contributed by atoms with Gasteiger partial charge in [0.25, 0.3) is 0 Å². The van der Waals surface area contributed by atoms with Crippen molar-refractivity contribution >= 4 is 17.7 Å². The summed E-state index contributed by atoms with van der Waals surface area (Å²) in [7, 11) is 0. The van der Waals surface area contributed by atoms with E-state index in [4.69, 9.17) is 16.3 Å². The summed E-state index contributed by atoms with van der Waals surface area (Å²) in [6, 6.07) is 11.8. The first-order chi connectivity index (χ1) is 14.0. The van der Waals surface area contributed by atoms with Crippen molar-refractivity contribution in [2.45, 2.75) is 12.1 Å². The standard InChI is InChI=1S/C22H13ClF2N2O2/c23-16-4-1-3-13(10-16)7-8-14-9-15(12-26-11-14)20-21(29-22(28)27-20)17-5-2-6-18(24)19(17)25/h1-6,9-12,20-21H,(H,27,28)/t20-,21-/m1/s1. The Bertz CT molecular complexity index is 1160. The quantitative estimate of drug-likeness (QED) is 0.609. The molecule has 1 aliphatic heterocycles. The predicted molar refractivity (Wildman–Crippen MR) is 103 cm³/mol. The number of pyridine rings is 1. The molecule has 2 atom stereocenters. The summed E-state index contributed by atoms with van der Waals surface area (Å²) in [5, 5.41) is 3.20. The molecule has 1 aliphatic rings. The van der Waals surface area contributed by atoms with Gasteiger partial charge in [0.05, 0.1) is 0 Å². The van der Waals surface area contributed by atoms with Crippen LogP contribution in [0.15, 0.2) is 60.9 Å². The van der Waals surface area contributed by atoms with Gasteiger partial charge in [-0.1, -0.05) is 41.6 Å². The molecule has 0 radical (unpaired) electrons. The molecule has 1 N–H and O–H groups in total. The summed E-state index contributed by atoms with van der Waals surface area (Å²) in [6.45, 7) is 0. The summed E-state index contributed by atoms with van der Waals surface area (Å²) in [4.78, 5) is 16.0. The maximum absolute atomic E-state index is 14.2. The van der Waals surface area contributed by atoms with Crippen LogP contribution in [0.2, 0.25) is 5.02 Å². The Labute approximate surface area is 170 Å². The minimum Gasteiger partial charge on any atom is -0.439 e. The lowest BCUT2D eigenvalue weighted by atomic mass is 9.96. The van der Waals surface area contributed by atoms with E-state index < -0.39 is 29.9 Å². The highest BCUT2D eigenvalue weighted by molar-refractivity contribution is 6.30. The molecule has 0 spiro atoms. The fourth-order valence-electron chi connectivity index (χ4n) is 3.07. The molecule has 7 heteroatoms. The molecule has 2 heterocycles. The van der Waals surface area contributed by atoms with E-state index in [-0.39, 0.29) is 5.56 Å². The Balaban J connectivity index is 1.66. The number of rotatable bonds is 2. The van der Waals surface area contributed by atoms with E-state index in [1.54, 1.807) is 30.5 Å². The number of aromatic nitrogens is 1. The van der Waals surface area contributed by atoms with Gasteiger partial charge in [-0.2, -0.15) is 0 Å². The van der Waals surface area contributed by atoms with Gasteiger partial charge in [-0.25, -0.2) is 13.6 Å². The van der Waals surface area contributed by atoms with Crippen LogP contribution in [-0.2, 0) is 4.74 Å². The highest BCUT2D eigenvalue weighted by atomic mass is 35.5. The van der Waals surface area contributed by atoms with Crippen LogP contribution in [0.3, 0.4) is 0 Å². The zero-order chi connectivity index (χ0) is 20.4. The summed E-state index contributed by atoms with van der Waals surface area (Å²) in [6.07, 6.45) is 1.33. The van der Waals surface area contributed by atoms with E-state index >= 15 is 0 Å². The number of halogens is 3. The van der Waals surface area contributed by atoms with E-state index in [0.29, 0.717) is 16.1 Å². The molecule has 3 aromatic rings. The number of nitrogens with zero attached hydrogens (tertiary/aromatic N) is 1. The number of hydrogen-bond donors (Lipinski definition) is 1. The molecule has 0 bridgehead atoms. The molecule has 29 heavy (non-hydrogen) atoms. The van der Waals surface area contributed by atoms with Crippen LogP contribution in [-0.4, -0.2) is 11.1 Å². The molecule has 144 valence electrons. The average Bonchev–Trinajstić information content (AvgIpc) is 3.10. The fourth-order valence-corrected chi connectivity index (χ4v) is 3.26. The minimum atomic E-state index is -1.05. The second kappa shape index (κ2) is 7.90. The third-order valence-corrected chi connectivity index (χ3v) is 4.63. The van der Waals surface area contributed by atoms with Crippen molar-refractivity contribution in [2.24, 2.45) is 0 Å². The number of cyclic esters (lactones) is 1. The van der Waals surface area contributed by atoms with Crippen LogP contribution in [0.5, 0.6) is 0 Å². The minimum absolute atomic E-state index is 0.0521. The third-order valence-electron chi connectivity index (χ3n) is 4.39. The SMILES string of the molecule is O=C1N[C@H](c2cncc(C#Cc3cccc(Cl)c3)c2)[C@@H](c2cccc(F)c2F)O1. The van der Waals surface area contributed by atoms with Gasteiger partial charge in [0.15, 0.2) is 17.7 Å². The van der Waals surface area contributed by atoms with Gasteiger partial charge < -0.3 is 10.1 Å². The number of carbonyl (C=O) groups excluding carboxylic acids is 1. The smallest absolute Gasteiger partial charge is 0.408 e. The number of hydrogen-bond acceptors (Lipinski definition) is 3. The number of carbonyl (C=O) groups is 1. The van der Waals surface area contributed by atoms with Gasteiger partial charge in [-0.15, -0.1) is 0 Å². The average molecular weight is 411 g/mol. The van der Waals surface area contributed by atoms with Gasteiger partial charge in [-0.3, -0.25) is 4.98 Å². The van der Waals surface area contributed by atoms with Gasteiger partial charge in [-0.05, 0) is 35.9 Å². The van der Waals surface area contributed by atoms with Crippen LogP contribution in [0.4, 0.5) is 13.6 Å². The molecule has 1 saturated heterocycles.